The summed E-state index contributed by atoms with van der Waals surface area (Å²) in [6.07, 6.45) is 3.15. The molecule has 2 aromatic rings. The van der Waals surface area contributed by atoms with Crippen LogP contribution in [0.4, 0.5) is 0 Å². The van der Waals surface area contributed by atoms with Crippen molar-refractivity contribution in [2.75, 3.05) is 0 Å². The lowest BCUT2D eigenvalue weighted by molar-refractivity contribution is 0.224. The Morgan fingerprint density at radius 1 is 1.11 bits per heavy atom. The number of hydrogen-bond acceptors (Lipinski definition) is 2. The maximum atomic E-state index is 10.5. The lowest BCUT2D eigenvalue weighted by Gasteiger charge is -2.11. The van der Waals surface area contributed by atoms with E-state index in [1.165, 1.54) is 40.8 Å². The van der Waals surface area contributed by atoms with Crippen molar-refractivity contribution in [3.63, 3.8) is 0 Å². The Kier molecular flexibility index (Phi) is 3.00. The molecule has 1 aromatic heterocycles. The lowest BCUT2D eigenvalue weighted by atomic mass is 10.0. The van der Waals surface area contributed by atoms with Crippen LogP contribution in [0.15, 0.2) is 24.3 Å². The predicted molar refractivity (Wildman–Crippen MR) is 76.3 cm³/mol. The number of aliphatic hydroxyl groups excluding tert-OH is 1. The fourth-order valence-corrected chi connectivity index (χ4v) is 3.72. The molecule has 1 atom stereocenters. The van der Waals surface area contributed by atoms with E-state index in [1.807, 2.05) is 0 Å². The van der Waals surface area contributed by atoms with E-state index >= 15 is 0 Å². The van der Waals surface area contributed by atoms with Gasteiger partial charge in [-0.3, -0.25) is 0 Å². The summed E-state index contributed by atoms with van der Waals surface area (Å²) in [5.41, 5.74) is 5.20. The topological polar surface area (TPSA) is 20.2 Å². The molecule has 1 aromatic carbocycles. The SMILES string of the molecule is Cc1cc(C(O)c2ccc3c(c2)CCC3)sc1C. The van der Waals surface area contributed by atoms with Crippen molar-refractivity contribution < 1.29 is 5.11 Å². The summed E-state index contributed by atoms with van der Waals surface area (Å²) in [4.78, 5) is 2.35. The molecular formula is C16H18OS. The summed E-state index contributed by atoms with van der Waals surface area (Å²) in [6, 6.07) is 8.57. The van der Waals surface area contributed by atoms with Gasteiger partial charge in [0.05, 0.1) is 0 Å². The average molecular weight is 258 g/mol. The molecule has 18 heavy (non-hydrogen) atoms. The number of aryl methyl sites for hydroxylation is 4. The fourth-order valence-electron chi connectivity index (χ4n) is 2.66. The number of aliphatic hydroxyl groups is 1. The van der Waals surface area contributed by atoms with Gasteiger partial charge in [0.15, 0.2) is 0 Å². The Morgan fingerprint density at radius 3 is 2.61 bits per heavy atom. The van der Waals surface area contributed by atoms with Crippen LogP contribution in [0.3, 0.4) is 0 Å². The highest BCUT2D eigenvalue weighted by Gasteiger charge is 2.17. The first kappa shape index (κ1) is 11.9. The van der Waals surface area contributed by atoms with Crippen LogP contribution in [-0.2, 0) is 12.8 Å². The normalized spacial score (nSPS) is 15.7. The van der Waals surface area contributed by atoms with Gasteiger partial charge in [-0.1, -0.05) is 18.2 Å². The first-order valence-electron chi connectivity index (χ1n) is 6.52. The summed E-state index contributed by atoms with van der Waals surface area (Å²) in [5, 5.41) is 10.5. The summed E-state index contributed by atoms with van der Waals surface area (Å²) in [6.45, 7) is 4.21. The first-order valence-corrected chi connectivity index (χ1v) is 7.33. The van der Waals surface area contributed by atoms with Crippen molar-refractivity contribution in [2.45, 2.75) is 39.2 Å². The minimum absolute atomic E-state index is 0.465. The van der Waals surface area contributed by atoms with Crippen molar-refractivity contribution in [3.05, 3.63) is 56.3 Å². The van der Waals surface area contributed by atoms with E-state index < -0.39 is 6.10 Å². The second kappa shape index (κ2) is 4.52. The van der Waals surface area contributed by atoms with Crippen LogP contribution in [0, 0.1) is 13.8 Å². The second-order valence-corrected chi connectivity index (χ2v) is 6.46. The Labute approximate surface area is 112 Å². The molecule has 1 nitrogen and oxygen atoms in total. The van der Waals surface area contributed by atoms with Crippen LogP contribution in [0.2, 0.25) is 0 Å². The number of thiophene rings is 1. The Morgan fingerprint density at radius 2 is 1.89 bits per heavy atom. The third kappa shape index (κ3) is 2.00. The van der Waals surface area contributed by atoms with E-state index in [4.69, 9.17) is 0 Å². The zero-order valence-electron chi connectivity index (χ0n) is 10.9. The van der Waals surface area contributed by atoms with E-state index in [0.29, 0.717) is 0 Å². The Bertz CT molecular complexity index is 563. The first-order chi connectivity index (χ1) is 8.65. The molecule has 1 heterocycles. The molecule has 0 amide bonds. The monoisotopic (exact) mass is 258 g/mol. The third-order valence-corrected chi connectivity index (χ3v) is 5.10. The zero-order valence-corrected chi connectivity index (χ0v) is 11.7. The summed E-state index contributed by atoms with van der Waals surface area (Å²) in [5.74, 6) is 0. The van der Waals surface area contributed by atoms with Gasteiger partial charge in [0, 0.05) is 9.75 Å². The molecule has 0 spiro atoms. The zero-order chi connectivity index (χ0) is 12.7. The van der Waals surface area contributed by atoms with Crippen LogP contribution >= 0.6 is 11.3 Å². The Hall–Kier alpha value is -1.12. The molecule has 2 heteroatoms. The van der Waals surface area contributed by atoms with E-state index in [-0.39, 0.29) is 0 Å². The molecule has 1 unspecified atom stereocenters. The van der Waals surface area contributed by atoms with Crippen molar-refractivity contribution in [1.29, 1.82) is 0 Å². The van der Waals surface area contributed by atoms with Gasteiger partial charge in [0.2, 0.25) is 0 Å². The van der Waals surface area contributed by atoms with E-state index in [1.54, 1.807) is 11.3 Å². The third-order valence-electron chi connectivity index (χ3n) is 3.89. The summed E-state index contributed by atoms with van der Waals surface area (Å²) >= 11 is 1.70. The molecule has 1 aliphatic carbocycles. The number of rotatable bonds is 2. The van der Waals surface area contributed by atoms with Crippen LogP contribution in [-0.4, -0.2) is 5.11 Å². The standard InChI is InChI=1S/C16H18OS/c1-10-8-15(18-11(10)2)16(17)14-7-6-12-4-3-5-13(12)9-14/h6-9,16-17H,3-5H2,1-2H3. The molecular weight excluding hydrogens is 240 g/mol. The average Bonchev–Trinajstić information content (AvgIpc) is 2.95. The van der Waals surface area contributed by atoms with Crippen LogP contribution < -0.4 is 0 Å². The highest BCUT2D eigenvalue weighted by atomic mass is 32.1. The highest BCUT2D eigenvalue weighted by Crippen LogP contribution is 2.32. The molecule has 0 bridgehead atoms. The largest absolute Gasteiger partial charge is 0.383 e. The molecule has 0 saturated heterocycles. The Balaban J connectivity index is 1.94. The van der Waals surface area contributed by atoms with Gasteiger partial charge in [-0.2, -0.15) is 0 Å². The molecule has 94 valence electrons. The number of fused-ring (bicyclic) bond motifs is 1. The van der Waals surface area contributed by atoms with Gasteiger partial charge in [-0.25, -0.2) is 0 Å². The minimum atomic E-state index is -0.465. The predicted octanol–water partition coefficient (Wildman–Crippen LogP) is 3.94. The van der Waals surface area contributed by atoms with Gasteiger partial charge in [0.25, 0.3) is 0 Å². The van der Waals surface area contributed by atoms with E-state index in [9.17, 15) is 5.11 Å². The van der Waals surface area contributed by atoms with E-state index in [2.05, 4.69) is 38.1 Å². The smallest absolute Gasteiger partial charge is 0.113 e. The summed E-state index contributed by atoms with van der Waals surface area (Å²) < 4.78 is 0. The lowest BCUT2D eigenvalue weighted by Crippen LogP contribution is -1.98. The van der Waals surface area contributed by atoms with Crippen LogP contribution in [0.25, 0.3) is 0 Å². The minimum Gasteiger partial charge on any atom is -0.383 e. The van der Waals surface area contributed by atoms with Crippen molar-refractivity contribution in [3.8, 4) is 0 Å². The van der Waals surface area contributed by atoms with Crippen molar-refractivity contribution in [2.24, 2.45) is 0 Å². The fraction of sp³-hybridized carbons (Fsp3) is 0.375. The molecule has 0 fully saturated rings. The molecule has 1 aliphatic rings. The molecule has 0 aliphatic heterocycles. The maximum Gasteiger partial charge on any atom is 0.113 e. The summed E-state index contributed by atoms with van der Waals surface area (Å²) in [7, 11) is 0. The van der Waals surface area contributed by atoms with E-state index in [0.717, 1.165) is 10.4 Å². The van der Waals surface area contributed by atoms with Gasteiger partial charge >= 0.3 is 0 Å². The number of hydrogen-bond donors (Lipinski definition) is 1. The van der Waals surface area contributed by atoms with Gasteiger partial charge < -0.3 is 5.11 Å². The quantitative estimate of drug-likeness (QED) is 0.865. The van der Waals surface area contributed by atoms with Gasteiger partial charge in [-0.15, -0.1) is 11.3 Å². The highest BCUT2D eigenvalue weighted by molar-refractivity contribution is 7.12. The van der Waals surface area contributed by atoms with Crippen LogP contribution in [0.1, 0.15) is 44.5 Å². The molecule has 1 N–H and O–H groups in total. The van der Waals surface area contributed by atoms with Crippen LogP contribution in [0.5, 0.6) is 0 Å². The molecule has 0 radical (unpaired) electrons. The van der Waals surface area contributed by atoms with Crippen molar-refractivity contribution >= 4 is 11.3 Å². The number of benzene rings is 1. The van der Waals surface area contributed by atoms with Gasteiger partial charge in [0.1, 0.15) is 6.10 Å². The van der Waals surface area contributed by atoms with Gasteiger partial charge in [-0.05, 0) is 61.4 Å². The molecule has 0 saturated carbocycles. The molecule has 3 rings (SSSR count). The second-order valence-electron chi connectivity index (χ2n) is 5.17. The van der Waals surface area contributed by atoms with Crippen molar-refractivity contribution in [1.82, 2.24) is 0 Å². The maximum absolute atomic E-state index is 10.5.